The quantitative estimate of drug-likeness (QED) is 0.632. The van der Waals surface area contributed by atoms with E-state index in [1.165, 1.54) is 6.92 Å². The standard InChI is InChI=1S/C22H29N5O5/c1-15-12-20(25-32-15)24-21(29)14-26-8-10-27(11-9-26)22(30)13-19(23-16(2)28)17-4-6-18(31-3)7-5-17/h4-7,12,19H,8-11,13-14H2,1-3H3,(H,23,28)(H,24,25,29). The van der Waals surface area contributed by atoms with E-state index in [0.717, 1.165) is 5.56 Å². The normalized spacial score (nSPS) is 15.2. The lowest BCUT2D eigenvalue weighted by Crippen LogP contribution is -2.51. The minimum atomic E-state index is -0.416. The Morgan fingerprint density at radius 2 is 1.84 bits per heavy atom. The first-order chi connectivity index (χ1) is 15.3. The molecule has 2 N–H and O–H groups in total. The largest absolute Gasteiger partial charge is 0.497 e. The van der Waals surface area contributed by atoms with Gasteiger partial charge in [-0.25, -0.2) is 0 Å². The molecule has 3 amide bonds. The third kappa shape index (κ3) is 6.55. The zero-order valence-corrected chi connectivity index (χ0v) is 18.6. The maximum atomic E-state index is 12.9. The number of nitrogens with zero attached hydrogens (tertiary/aromatic N) is 3. The van der Waals surface area contributed by atoms with Crippen molar-refractivity contribution in [2.24, 2.45) is 0 Å². The number of rotatable bonds is 8. The molecule has 0 radical (unpaired) electrons. The predicted molar refractivity (Wildman–Crippen MR) is 117 cm³/mol. The third-order valence-electron chi connectivity index (χ3n) is 5.26. The van der Waals surface area contributed by atoms with Crippen LogP contribution in [0.2, 0.25) is 0 Å². The molecule has 0 saturated carbocycles. The van der Waals surface area contributed by atoms with Crippen LogP contribution in [0.3, 0.4) is 0 Å². The van der Waals surface area contributed by atoms with Crippen molar-refractivity contribution in [3.8, 4) is 5.75 Å². The minimum absolute atomic E-state index is 0.0401. The fraction of sp³-hybridized carbons (Fsp3) is 0.455. The first kappa shape index (κ1) is 23.3. The predicted octanol–water partition coefficient (Wildman–Crippen LogP) is 1.34. The number of carbonyl (C=O) groups is 3. The number of carbonyl (C=O) groups excluding carboxylic acids is 3. The lowest BCUT2D eigenvalue weighted by Gasteiger charge is -2.35. The molecule has 172 valence electrons. The summed E-state index contributed by atoms with van der Waals surface area (Å²) in [7, 11) is 1.59. The van der Waals surface area contributed by atoms with E-state index in [1.54, 1.807) is 37.1 Å². The number of methoxy groups -OCH3 is 1. The molecule has 1 aromatic heterocycles. The number of hydrogen-bond acceptors (Lipinski definition) is 7. The van der Waals surface area contributed by atoms with Crippen molar-refractivity contribution in [1.82, 2.24) is 20.3 Å². The number of nitrogens with one attached hydrogen (secondary N) is 2. The Kier molecular flexibility index (Phi) is 7.82. The van der Waals surface area contributed by atoms with Gasteiger partial charge < -0.3 is 24.8 Å². The van der Waals surface area contributed by atoms with E-state index in [9.17, 15) is 14.4 Å². The van der Waals surface area contributed by atoms with E-state index in [2.05, 4.69) is 15.8 Å². The SMILES string of the molecule is COc1ccc(C(CC(=O)N2CCN(CC(=O)Nc3cc(C)on3)CC2)NC(C)=O)cc1. The molecular formula is C22H29N5O5. The van der Waals surface area contributed by atoms with E-state index in [0.29, 0.717) is 43.5 Å². The Labute approximate surface area is 186 Å². The van der Waals surface area contributed by atoms with E-state index >= 15 is 0 Å². The topological polar surface area (TPSA) is 117 Å². The van der Waals surface area contributed by atoms with Gasteiger partial charge >= 0.3 is 0 Å². The summed E-state index contributed by atoms with van der Waals surface area (Å²) in [5, 5.41) is 9.31. The van der Waals surface area contributed by atoms with Crippen molar-refractivity contribution in [3.63, 3.8) is 0 Å². The van der Waals surface area contributed by atoms with Gasteiger partial charge in [0.25, 0.3) is 0 Å². The van der Waals surface area contributed by atoms with Crippen LogP contribution in [0.1, 0.15) is 30.7 Å². The van der Waals surface area contributed by atoms with Crippen molar-refractivity contribution in [2.45, 2.75) is 26.3 Å². The summed E-state index contributed by atoms with van der Waals surface area (Å²) in [6, 6.07) is 8.54. The monoisotopic (exact) mass is 443 g/mol. The van der Waals surface area contributed by atoms with Gasteiger partial charge in [0.05, 0.1) is 26.1 Å². The van der Waals surface area contributed by atoms with Gasteiger partial charge in [0.1, 0.15) is 11.5 Å². The van der Waals surface area contributed by atoms with E-state index in [4.69, 9.17) is 9.26 Å². The Morgan fingerprint density at radius 1 is 1.16 bits per heavy atom. The molecule has 1 aliphatic heterocycles. The molecule has 10 nitrogen and oxygen atoms in total. The molecule has 2 heterocycles. The summed E-state index contributed by atoms with van der Waals surface area (Å²) < 4.78 is 10.1. The highest BCUT2D eigenvalue weighted by Crippen LogP contribution is 2.22. The molecule has 2 aromatic rings. The number of aryl methyl sites for hydroxylation is 1. The fourth-order valence-corrected chi connectivity index (χ4v) is 3.60. The van der Waals surface area contributed by atoms with Gasteiger partial charge in [-0.3, -0.25) is 19.3 Å². The summed E-state index contributed by atoms with van der Waals surface area (Å²) in [5.41, 5.74) is 0.841. The molecule has 0 aliphatic carbocycles. The average Bonchev–Trinajstić information content (AvgIpc) is 3.17. The molecular weight excluding hydrogens is 414 g/mol. The molecule has 1 atom stereocenters. The highest BCUT2D eigenvalue weighted by atomic mass is 16.5. The number of amides is 3. The Morgan fingerprint density at radius 3 is 2.41 bits per heavy atom. The Balaban J connectivity index is 1.50. The lowest BCUT2D eigenvalue weighted by molar-refractivity contribution is -0.133. The first-order valence-corrected chi connectivity index (χ1v) is 10.5. The number of ether oxygens (including phenoxy) is 1. The van der Waals surface area contributed by atoms with Crippen LogP contribution in [0.5, 0.6) is 5.75 Å². The van der Waals surface area contributed by atoms with Crippen LogP contribution in [-0.4, -0.2) is 72.5 Å². The molecule has 1 aliphatic rings. The van der Waals surface area contributed by atoms with Crippen LogP contribution in [0.4, 0.5) is 5.82 Å². The van der Waals surface area contributed by atoms with Crippen LogP contribution in [-0.2, 0) is 14.4 Å². The van der Waals surface area contributed by atoms with Crippen LogP contribution in [0, 0.1) is 6.92 Å². The molecule has 32 heavy (non-hydrogen) atoms. The summed E-state index contributed by atoms with van der Waals surface area (Å²) >= 11 is 0. The number of piperazine rings is 1. The molecule has 0 spiro atoms. The highest BCUT2D eigenvalue weighted by Gasteiger charge is 2.25. The van der Waals surface area contributed by atoms with Gasteiger partial charge in [0.2, 0.25) is 17.7 Å². The van der Waals surface area contributed by atoms with Crippen LogP contribution < -0.4 is 15.4 Å². The molecule has 1 unspecified atom stereocenters. The molecule has 1 fully saturated rings. The van der Waals surface area contributed by atoms with Gasteiger partial charge in [0, 0.05) is 39.2 Å². The summed E-state index contributed by atoms with van der Waals surface area (Å²) in [6.07, 6.45) is 0.165. The number of hydrogen-bond donors (Lipinski definition) is 2. The second-order valence-corrected chi connectivity index (χ2v) is 7.76. The van der Waals surface area contributed by atoms with Crippen molar-refractivity contribution in [2.75, 3.05) is 45.2 Å². The minimum Gasteiger partial charge on any atom is -0.497 e. The summed E-state index contributed by atoms with van der Waals surface area (Å²) in [6.45, 7) is 5.62. The summed E-state index contributed by atoms with van der Waals surface area (Å²) in [4.78, 5) is 40.5. The van der Waals surface area contributed by atoms with Gasteiger partial charge in [-0.05, 0) is 24.6 Å². The fourth-order valence-electron chi connectivity index (χ4n) is 3.60. The third-order valence-corrected chi connectivity index (χ3v) is 5.26. The number of aromatic nitrogens is 1. The molecule has 3 rings (SSSR count). The zero-order valence-electron chi connectivity index (χ0n) is 18.6. The maximum Gasteiger partial charge on any atom is 0.239 e. The van der Waals surface area contributed by atoms with Crippen LogP contribution >= 0.6 is 0 Å². The number of anilines is 1. The van der Waals surface area contributed by atoms with Crippen LogP contribution in [0.15, 0.2) is 34.9 Å². The first-order valence-electron chi connectivity index (χ1n) is 10.5. The van der Waals surface area contributed by atoms with Gasteiger partial charge in [0.15, 0.2) is 5.82 Å². The molecule has 10 heteroatoms. The van der Waals surface area contributed by atoms with E-state index in [-0.39, 0.29) is 30.7 Å². The zero-order chi connectivity index (χ0) is 23.1. The van der Waals surface area contributed by atoms with Crippen molar-refractivity contribution >= 4 is 23.5 Å². The second-order valence-electron chi connectivity index (χ2n) is 7.76. The van der Waals surface area contributed by atoms with Crippen molar-refractivity contribution in [3.05, 3.63) is 41.7 Å². The average molecular weight is 444 g/mol. The Bertz CT molecular complexity index is 934. The summed E-state index contributed by atoms with van der Waals surface area (Å²) in [5.74, 6) is 1.31. The maximum absolute atomic E-state index is 12.9. The van der Waals surface area contributed by atoms with Gasteiger partial charge in [-0.1, -0.05) is 17.3 Å². The Hall–Kier alpha value is -3.40. The molecule has 1 saturated heterocycles. The number of benzene rings is 1. The smallest absolute Gasteiger partial charge is 0.239 e. The van der Waals surface area contributed by atoms with E-state index in [1.807, 2.05) is 17.0 Å². The molecule has 1 aromatic carbocycles. The van der Waals surface area contributed by atoms with Gasteiger partial charge in [-0.15, -0.1) is 0 Å². The van der Waals surface area contributed by atoms with Crippen LogP contribution in [0.25, 0.3) is 0 Å². The lowest BCUT2D eigenvalue weighted by atomic mass is 10.0. The van der Waals surface area contributed by atoms with E-state index < -0.39 is 6.04 Å². The molecule has 0 bridgehead atoms. The van der Waals surface area contributed by atoms with Crippen molar-refractivity contribution in [1.29, 1.82) is 0 Å². The van der Waals surface area contributed by atoms with Gasteiger partial charge in [-0.2, -0.15) is 0 Å². The van der Waals surface area contributed by atoms with Crippen molar-refractivity contribution < 1.29 is 23.6 Å². The second kappa shape index (κ2) is 10.8. The highest BCUT2D eigenvalue weighted by molar-refractivity contribution is 5.91.